The molecule has 6 nitrogen and oxygen atoms in total. The van der Waals surface area contributed by atoms with Crippen LogP contribution in [0.15, 0.2) is 46.9 Å². The molecule has 3 rings (SSSR count). The smallest absolute Gasteiger partial charge is 0.322 e. The molecule has 128 valence electrons. The first-order valence-corrected chi connectivity index (χ1v) is 8.12. The molecule has 0 aliphatic rings. The molecule has 3 aromatic rings. The largest absolute Gasteiger partial charge is 0.482 e. The van der Waals surface area contributed by atoms with Crippen LogP contribution in [0.4, 0.5) is 6.01 Å². The monoisotopic (exact) mass is 397 g/mol. The summed E-state index contributed by atoms with van der Waals surface area (Å²) in [4.78, 5) is 11.9. The fourth-order valence-corrected chi connectivity index (χ4v) is 2.56. The standard InChI is InChI=1S/C16H10Cl3N3O3/c17-10-3-1-2-9(6-10)15-21-22-16(25-15)20-14(23)8-24-13-5-4-11(18)7-12(13)19/h1-7H,8H2,(H,20,22,23). The maximum absolute atomic E-state index is 11.9. The highest BCUT2D eigenvalue weighted by atomic mass is 35.5. The lowest BCUT2D eigenvalue weighted by Gasteiger charge is -2.07. The van der Waals surface area contributed by atoms with Gasteiger partial charge in [0.05, 0.1) is 5.02 Å². The first kappa shape index (κ1) is 17.5. The van der Waals surface area contributed by atoms with E-state index in [1.165, 1.54) is 6.07 Å². The summed E-state index contributed by atoms with van der Waals surface area (Å²) < 4.78 is 10.7. The highest BCUT2D eigenvalue weighted by Crippen LogP contribution is 2.27. The zero-order chi connectivity index (χ0) is 17.8. The second kappa shape index (κ2) is 7.74. The molecule has 0 spiro atoms. The topological polar surface area (TPSA) is 77.2 Å². The molecule has 1 amide bonds. The Balaban J connectivity index is 1.60. The van der Waals surface area contributed by atoms with Gasteiger partial charge in [-0.25, -0.2) is 0 Å². The van der Waals surface area contributed by atoms with Crippen LogP contribution in [0.1, 0.15) is 0 Å². The van der Waals surface area contributed by atoms with Crippen LogP contribution in [-0.2, 0) is 4.79 Å². The number of rotatable bonds is 5. The van der Waals surface area contributed by atoms with E-state index in [0.717, 1.165) is 0 Å². The maximum Gasteiger partial charge on any atom is 0.322 e. The third kappa shape index (κ3) is 4.63. The molecule has 1 aromatic heterocycles. The normalized spacial score (nSPS) is 10.5. The van der Waals surface area contributed by atoms with Gasteiger partial charge in [-0.2, -0.15) is 0 Å². The number of ether oxygens (including phenoxy) is 1. The second-order valence-corrected chi connectivity index (χ2v) is 6.11. The fourth-order valence-electron chi connectivity index (χ4n) is 1.90. The number of amides is 1. The number of benzene rings is 2. The molecular weight excluding hydrogens is 389 g/mol. The molecular formula is C16H10Cl3N3O3. The van der Waals surface area contributed by atoms with Gasteiger partial charge >= 0.3 is 6.01 Å². The van der Waals surface area contributed by atoms with E-state index in [0.29, 0.717) is 26.4 Å². The highest BCUT2D eigenvalue weighted by Gasteiger charge is 2.13. The van der Waals surface area contributed by atoms with E-state index in [2.05, 4.69) is 15.5 Å². The summed E-state index contributed by atoms with van der Waals surface area (Å²) >= 11 is 17.7. The van der Waals surface area contributed by atoms with Crippen molar-refractivity contribution in [1.82, 2.24) is 10.2 Å². The molecule has 0 saturated carbocycles. The number of nitrogens with one attached hydrogen (secondary N) is 1. The van der Waals surface area contributed by atoms with Gasteiger partial charge in [0, 0.05) is 15.6 Å². The number of anilines is 1. The first-order valence-electron chi connectivity index (χ1n) is 6.98. The summed E-state index contributed by atoms with van der Waals surface area (Å²) in [7, 11) is 0. The quantitative estimate of drug-likeness (QED) is 0.673. The Kier molecular flexibility index (Phi) is 5.43. The van der Waals surface area contributed by atoms with Crippen molar-refractivity contribution >= 4 is 46.7 Å². The van der Waals surface area contributed by atoms with E-state index >= 15 is 0 Å². The third-order valence-corrected chi connectivity index (χ3v) is 3.76. The van der Waals surface area contributed by atoms with Gasteiger partial charge < -0.3 is 9.15 Å². The van der Waals surface area contributed by atoms with Gasteiger partial charge in [0.15, 0.2) is 6.61 Å². The molecule has 0 saturated heterocycles. The van der Waals surface area contributed by atoms with Crippen molar-refractivity contribution in [2.24, 2.45) is 0 Å². The second-order valence-electron chi connectivity index (χ2n) is 4.83. The predicted octanol–water partition coefficient (Wildman–Crippen LogP) is 4.71. The average Bonchev–Trinajstić information content (AvgIpc) is 3.02. The Morgan fingerprint density at radius 3 is 2.64 bits per heavy atom. The average molecular weight is 399 g/mol. The number of carbonyl (C=O) groups is 1. The molecule has 0 atom stereocenters. The van der Waals surface area contributed by atoms with E-state index < -0.39 is 5.91 Å². The minimum absolute atomic E-state index is 0.0502. The molecule has 25 heavy (non-hydrogen) atoms. The molecule has 2 aromatic carbocycles. The van der Waals surface area contributed by atoms with Crippen molar-refractivity contribution in [2.45, 2.75) is 0 Å². The number of hydrogen-bond acceptors (Lipinski definition) is 5. The van der Waals surface area contributed by atoms with Crippen molar-refractivity contribution in [2.75, 3.05) is 11.9 Å². The van der Waals surface area contributed by atoms with E-state index in [1.807, 2.05) is 0 Å². The van der Waals surface area contributed by atoms with Gasteiger partial charge in [-0.05, 0) is 36.4 Å². The molecule has 9 heteroatoms. The number of nitrogens with zero attached hydrogens (tertiary/aromatic N) is 2. The summed E-state index contributed by atoms with van der Waals surface area (Å²) in [6, 6.07) is 11.6. The summed E-state index contributed by atoms with van der Waals surface area (Å²) in [5.41, 5.74) is 0.643. The number of halogens is 3. The fraction of sp³-hybridized carbons (Fsp3) is 0.0625. The van der Waals surface area contributed by atoms with Crippen LogP contribution in [0.25, 0.3) is 11.5 Å². The summed E-state index contributed by atoms with van der Waals surface area (Å²) in [6.45, 7) is -0.282. The SMILES string of the molecule is O=C(COc1ccc(Cl)cc1Cl)Nc1nnc(-c2cccc(Cl)c2)o1. The van der Waals surface area contributed by atoms with Gasteiger partial charge in [0.25, 0.3) is 5.91 Å². The zero-order valence-corrected chi connectivity index (χ0v) is 14.8. The minimum Gasteiger partial charge on any atom is -0.482 e. The van der Waals surface area contributed by atoms with E-state index in [9.17, 15) is 4.79 Å². The highest BCUT2D eigenvalue weighted by molar-refractivity contribution is 6.35. The van der Waals surface area contributed by atoms with Gasteiger partial charge in [0.2, 0.25) is 5.89 Å². The van der Waals surface area contributed by atoms with Crippen LogP contribution in [0, 0.1) is 0 Å². The van der Waals surface area contributed by atoms with E-state index in [1.54, 1.807) is 36.4 Å². The maximum atomic E-state index is 11.9. The van der Waals surface area contributed by atoms with Crippen LogP contribution in [0.2, 0.25) is 15.1 Å². The molecule has 0 bridgehead atoms. The molecule has 0 aliphatic heterocycles. The van der Waals surface area contributed by atoms with Crippen molar-refractivity contribution in [1.29, 1.82) is 0 Å². The van der Waals surface area contributed by atoms with E-state index in [4.69, 9.17) is 44.0 Å². The Hall–Kier alpha value is -2.28. The minimum atomic E-state index is -0.479. The van der Waals surface area contributed by atoms with Crippen LogP contribution in [0.5, 0.6) is 5.75 Å². The van der Waals surface area contributed by atoms with Crippen LogP contribution in [0.3, 0.4) is 0 Å². The third-order valence-electron chi connectivity index (χ3n) is 3.00. The summed E-state index contributed by atoms with van der Waals surface area (Å²) in [6.07, 6.45) is 0. The lowest BCUT2D eigenvalue weighted by Crippen LogP contribution is -2.20. The van der Waals surface area contributed by atoms with Crippen molar-refractivity contribution in [3.63, 3.8) is 0 Å². The van der Waals surface area contributed by atoms with E-state index in [-0.39, 0.29) is 18.5 Å². The molecule has 1 N–H and O–H groups in total. The van der Waals surface area contributed by atoms with Gasteiger partial charge in [-0.1, -0.05) is 46.0 Å². The lowest BCUT2D eigenvalue weighted by molar-refractivity contribution is -0.118. The van der Waals surface area contributed by atoms with Gasteiger partial charge in [0.1, 0.15) is 5.75 Å². The Morgan fingerprint density at radius 2 is 1.88 bits per heavy atom. The molecule has 0 unspecified atom stereocenters. The van der Waals surface area contributed by atoms with Crippen molar-refractivity contribution < 1.29 is 13.9 Å². The zero-order valence-electron chi connectivity index (χ0n) is 12.5. The molecule has 0 fully saturated rings. The Labute approximate surface area is 157 Å². The predicted molar refractivity (Wildman–Crippen MR) is 95.3 cm³/mol. The summed E-state index contributed by atoms with van der Waals surface area (Å²) in [5, 5.41) is 11.4. The van der Waals surface area contributed by atoms with Crippen LogP contribution < -0.4 is 10.1 Å². The number of aromatic nitrogens is 2. The number of carbonyl (C=O) groups excluding carboxylic acids is 1. The molecule has 0 aliphatic carbocycles. The number of hydrogen-bond donors (Lipinski definition) is 1. The molecule has 1 heterocycles. The lowest BCUT2D eigenvalue weighted by atomic mass is 10.2. The van der Waals surface area contributed by atoms with Crippen molar-refractivity contribution in [3.8, 4) is 17.2 Å². The van der Waals surface area contributed by atoms with Crippen LogP contribution in [-0.4, -0.2) is 22.7 Å². The van der Waals surface area contributed by atoms with Gasteiger partial charge in [-0.3, -0.25) is 10.1 Å². The molecule has 0 radical (unpaired) electrons. The Bertz CT molecular complexity index is 914. The van der Waals surface area contributed by atoms with Crippen LogP contribution >= 0.6 is 34.8 Å². The Morgan fingerprint density at radius 1 is 1.08 bits per heavy atom. The van der Waals surface area contributed by atoms with Crippen molar-refractivity contribution in [3.05, 3.63) is 57.5 Å². The first-order chi connectivity index (χ1) is 12.0. The summed E-state index contributed by atoms with van der Waals surface area (Å²) in [5.74, 6) is 0.0955. The van der Waals surface area contributed by atoms with Gasteiger partial charge in [-0.15, -0.1) is 5.10 Å².